The van der Waals surface area contributed by atoms with Crippen molar-refractivity contribution in [3.63, 3.8) is 0 Å². The summed E-state index contributed by atoms with van der Waals surface area (Å²) in [6.45, 7) is 5.22. The van der Waals surface area contributed by atoms with Crippen molar-refractivity contribution in [3.05, 3.63) is 17.3 Å². The molecule has 0 spiro atoms. The zero-order valence-corrected chi connectivity index (χ0v) is 11.7. The molecule has 98 valence electrons. The molecule has 0 amide bonds. The first-order chi connectivity index (χ1) is 8.34. The molecule has 0 aliphatic carbocycles. The lowest BCUT2D eigenvalue weighted by atomic mass is 10.2. The number of aromatic nitrogens is 3. The van der Waals surface area contributed by atoms with Crippen molar-refractivity contribution in [1.82, 2.24) is 15.2 Å². The maximum absolute atomic E-state index is 11.6. The second kappa shape index (κ2) is 4.40. The van der Waals surface area contributed by atoms with E-state index in [2.05, 4.69) is 15.2 Å². The van der Waals surface area contributed by atoms with Crippen LogP contribution < -0.4 is 0 Å². The van der Waals surface area contributed by atoms with Gasteiger partial charge in [-0.25, -0.2) is 8.42 Å². The third-order valence-electron chi connectivity index (χ3n) is 2.54. The fraction of sp³-hybridized carbons (Fsp3) is 0.400. The number of halogens is 1. The Labute approximate surface area is 109 Å². The molecule has 0 unspecified atom stereocenters. The van der Waals surface area contributed by atoms with E-state index in [0.29, 0.717) is 29.3 Å². The monoisotopic (exact) mass is 289 g/mol. The Balaban J connectivity index is 2.71. The molecular weight excluding hydrogens is 278 g/mol. The van der Waals surface area contributed by atoms with Gasteiger partial charge in [0, 0.05) is 28.5 Å². The van der Waals surface area contributed by atoms with Crippen LogP contribution in [-0.4, -0.2) is 23.6 Å². The number of hydrogen-bond donors (Lipinski definition) is 1. The van der Waals surface area contributed by atoms with Gasteiger partial charge in [-0.15, -0.1) is 10.2 Å². The average Bonchev–Trinajstić information content (AvgIpc) is 2.80. The summed E-state index contributed by atoms with van der Waals surface area (Å²) in [5.41, 5.74) is 1.42. The standard InChI is InChI=1S/C10H12ClN3O3S/c1-4-7-13-14-10(17-7)8-5(2)12-6(3)9(8)18(11,15)16/h12H,4H2,1-3H3. The second-order valence-electron chi connectivity index (χ2n) is 3.87. The van der Waals surface area contributed by atoms with Gasteiger partial charge in [0.25, 0.3) is 14.9 Å². The van der Waals surface area contributed by atoms with E-state index in [-0.39, 0.29) is 10.8 Å². The second-order valence-corrected chi connectivity index (χ2v) is 6.37. The molecule has 1 N–H and O–H groups in total. The highest BCUT2D eigenvalue weighted by molar-refractivity contribution is 8.13. The van der Waals surface area contributed by atoms with Gasteiger partial charge in [-0.2, -0.15) is 0 Å². The lowest BCUT2D eigenvalue weighted by Gasteiger charge is -1.98. The SMILES string of the molecule is CCc1nnc(-c2c(C)[nH]c(C)c2S(=O)(=O)Cl)o1. The van der Waals surface area contributed by atoms with Crippen molar-refractivity contribution in [2.24, 2.45) is 0 Å². The zero-order chi connectivity index (χ0) is 13.5. The highest BCUT2D eigenvalue weighted by Gasteiger charge is 2.27. The Morgan fingerprint density at radius 3 is 2.44 bits per heavy atom. The number of H-pyrrole nitrogens is 1. The molecule has 8 heteroatoms. The summed E-state index contributed by atoms with van der Waals surface area (Å²) in [4.78, 5) is 2.91. The number of hydrogen-bond acceptors (Lipinski definition) is 5. The normalized spacial score (nSPS) is 12.0. The maximum Gasteiger partial charge on any atom is 0.263 e. The minimum atomic E-state index is -3.88. The Hall–Kier alpha value is -1.34. The Kier molecular flexibility index (Phi) is 3.20. The zero-order valence-electron chi connectivity index (χ0n) is 10.1. The quantitative estimate of drug-likeness (QED) is 0.875. The van der Waals surface area contributed by atoms with Crippen molar-refractivity contribution in [1.29, 1.82) is 0 Å². The largest absolute Gasteiger partial charge is 0.421 e. The van der Waals surface area contributed by atoms with Crippen LogP contribution in [-0.2, 0) is 15.5 Å². The number of rotatable bonds is 3. The highest BCUT2D eigenvalue weighted by Crippen LogP contribution is 2.34. The first-order valence-electron chi connectivity index (χ1n) is 5.31. The average molecular weight is 290 g/mol. The van der Waals surface area contributed by atoms with Crippen LogP contribution in [0.3, 0.4) is 0 Å². The van der Waals surface area contributed by atoms with Crippen molar-refractivity contribution in [2.75, 3.05) is 0 Å². The summed E-state index contributed by atoms with van der Waals surface area (Å²) in [7, 11) is 1.56. The van der Waals surface area contributed by atoms with Gasteiger partial charge in [0.15, 0.2) is 0 Å². The van der Waals surface area contributed by atoms with Crippen LogP contribution in [0.4, 0.5) is 0 Å². The van der Waals surface area contributed by atoms with Gasteiger partial charge in [0.05, 0.1) is 5.56 Å². The molecule has 0 aromatic carbocycles. The topological polar surface area (TPSA) is 88.9 Å². The van der Waals surface area contributed by atoms with Crippen molar-refractivity contribution < 1.29 is 12.8 Å². The molecule has 0 saturated heterocycles. The van der Waals surface area contributed by atoms with E-state index in [0.717, 1.165) is 0 Å². The van der Waals surface area contributed by atoms with Crippen LogP contribution in [0.15, 0.2) is 9.31 Å². The van der Waals surface area contributed by atoms with Crippen LogP contribution in [0.25, 0.3) is 11.5 Å². The van der Waals surface area contributed by atoms with Crippen LogP contribution >= 0.6 is 10.7 Å². The third kappa shape index (κ3) is 2.15. The number of aryl methyl sites for hydroxylation is 3. The minimum Gasteiger partial charge on any atom is -0.421 e. The van der Waals surface area contributed by atoms with Gasteiger partial charge in [-0.05, 0) is 13.8 Å². The maximum atomic E-state index is 11.6. The van der Waals surface area contributed by atoms with E-state index in [1.54, 1.807) is 13.8 Å². The van der Waals surface area contributed by atoms with E-state index in [1.807, 2.05) is 6.92 Å². The molecule has 0 bridgehead atoms. The molecule has 0 saturated carbocycles. The molecule has 0 radical (unpaired) electrons. The first kappa shape index (κ1) is 13.1. The molecule has 2 aromatic rings. The molecule has 0 fully saturated rings. The van der Waals surface area contributed by atoms with Crippen LogP contribution in [0, 0.1) is 13.8 Å². The van der Waals surface area contributed by atoms with Gasteiger partial charge in [-0.3, -0.25) is 0 Å². The van der Waals surface area contributed by atoms with Crippen molar-refractivity contribution in [2.45, 2.75) is 32.1 Å². The fourth-order valence-electron chi connectivity index (χ4n) is 1.82. The third-order valence-corrected chi connectivity index (χ3v) is 4.01. The van der Waals surface area contributed by atoms with E-state index >= 15 is 0 Å². The molecule has 0 aliphatic heterocycles. The number of nitrogens with one attached hydrogen (secondary N) is 1. The van der Waals surface area contributed by atoms with Gasteiger partial charge in [0.2, 0.25) is 5.89 Å². The first-order valence-corrected chi connectivity index (χ1v) is 7.62. The summed E-state index contributed by atoms with van der Waals surface area (Å²) in [6.07, 6.45) is 0.582. The van der Waals surface area contributed by atoms with Crippen molar-refractivity contribution in [3.8, 4) is 11.5 Å². The molecule has 6 nitrogen and oxygen atoms in total. The summed E-state index contributed by atoms with van der Waals surface area (Å²) in [5.74, 6) is 0.606. The number of nitrogens with zero attached hydrogens (tertiary/aromatic N) is 2. The van der Waals surface area contributed by atoms with Gasteiger partial charge in [0.1, 0.15) is 4.90 Å². The Morgan fingerprint density at radius 2 is 1.94 bits per heavy atom. The lowest BCUT2D eigenvalue weighted by molar-refractivity contribution is 0.511. The van der Waals surface area contributed by atoms with Crippen LogP contribution in [0.2, 0.25) is 0 Å². The van der Waals surface area contributed by atoms with E-state index in [4.69, 9.17) is 15.1 Å². The predicted octanol–water partition coefficient (Wildman–Crippen LogP) is 2.17. The summed E-state index contributed by atoms with van der Waals surface area (Å²) in [6, 6.07) is 0. The van der Waals surface area contributed by atoms with E-state index < -0.39 is 9.05 Å². The van der Waals surface area contributed by atoms with Gasteiger partial charge >= 0.3 is 0 Å². The minimum absolute atomic E-state index is 0.00651. The molecule has 2 heterocycles. The van der Waals surface area contributed by atoms with Crippen LogP contribution in [0.5, 0.6) is 0 Å². The molecule has 0 aliphatic rings. The predicted molar refractivity (Wildman–Crippen MR) is 66.0 cm³/mol. The molecule has 18 heavy (non-hydrogen) atoms. The number of aromatic amines is 1. The molecule has 0 atom stereocenters. The summed E-state index contributed by atoms with van der Waals surface area (Å²) in [5, 5.41) is 7.66. The molecular formula is C10H12ClN3O3S. The summed E-state index contributed by atoms with van der Waals surface area (Å²) < 4.78 is 28.6. The van der Waals surface area contributed by atoms with Crippen LogP contribution in [0.1, 0.15) is 24.2 Å². The Morgan fingerprint density at radius 1 is 1.28 bits per heavy atom. The lowest BCUT2D eigenvalue weighted by Crippen LogP contribution is -1.94. The molecule has 2 rings (SSSR count). The van der Waals surface area contributed by atoms with Gasteiger partial charge in [-0.1, -0.05) is 6.92 Å². The molecule has 2 aromatic heterocycles. The van der Waals surface area contributed by atoms with Gasteiger partial charge < -0.3 is 9.40 Å². The van der Waals surface area contributed by atoms with Crippen molar-refractivity contribution >= 4 is 19.7 Å². The fourth-order valence-corrected chi connectivity index (χ4v) is 3.30. The Bertz CT molecular complexity index is 687. The highest BCUT2D eigenvalue weighted by atomic mass is 35.7. The smallest absolute Gasteiger partial charge is 0.263 e. The summed E-state index contributed by atoms with van der Waals surface area (Å²) >= 11 is 0. The van der Waals surface area contributed by atoms with E-state index in [9.17, 15) is 8.42 Å². The van der Waals surface area contributed by atoms with E-state index in [1.165, 1.54) is 0 Å².